The lowest BCUT2D eigenvalue weighted by Gasteiger charge is -2.17. The van der Waals surface area contributed by atoms with Crippen LogP contribution >= 0.6 is 22.6 Å². The summed E-state index contributed by atoms with van der Waals surface area (Å²) in [4.78, 5) is 0.284. The van der Waals surface area contributed by atoms with Gasteiger partial charge in [0, 0.05) is 10.0 Å². The molecule has 0 radical (unpaired) electrons. The normalized spacial score (nSPS) is 15.3. The molecule has 1 aromatic rings. The van der Waals surface area contributed by atoms with E-state index in [1.807, 2.05) is 19.1 Å². The van der Waals surface area contributed by atoms with Crippen molar-refractivity contribution in [2.45, 2.75) is 32.1 Å². The summed E-state index contributed by atoms with van der Waals surface area (Å²) >= 11 is 2.20. The second-order valence-electron chi connectivity index (χ2n) is 5.27. The molecule has 0 bridgehead atoms. The lowest BCUT2D eigenvalue weighted by atomic mass is 10.0. The third-order valence-electron chi connectivity index (χ3n) is 3.31. The molecular weight excluding hydrogens is 397 g/mol. The summed E-state index contributed by atoms with van der Waals surface area (Å²) in [5.74, 6) is 0. The first kappa shape index (κ1) is 16.3. The minimum absolute atomic E-state index is 0.284. The van der Waals surface area contributed by atoms with Crippen molar-refractivity contribution in [2.75, 3.05) is 0 Å². The highest BCUT2D eigenvalue weighted by Crippen LogP contribution is 2.29. The summed E-state index contributed by atoms with van der Waals surface area (Å²) < 4.78 is 28.4. The van der Waals surface area contributed by atoms with Crippen molar-refractivity contribution in [3.05, 3.63) is 62.4 Å². The Morgan fingerprint density at radius 1 is 1.14 bits per heavy atom. The van der Waals surface area contributed by atoms with Crippen molar-refractivity contribution in [1.29, 1.82) is 0 Å². The van der Waals surface area contributed by atoms with Gasteiger partial charge in [0.1, 0.15) is 0 Å². The smallest absolute Gasteiger partial charge is 0.261 e. The molecule has 0 heterocycles. The van der Waals surface area contributed by atoms with Gasteiger partial charge in [-0.15, -0.1) is 0 Å². The molecule has 112 valence electrons. The maximum Gasteiger partial charge on any atom is 0.261 e. The largest absolute Gasteiger partial charge is 0.279 e. The van der Waals surface area contributed by atoms with E-state index in [0.29, 0.717) is 5.70 Å². The quantitative estimate of drug-likeness (QED) is 0.752. The van der Waals surface area contributed by atoms with Gasteiger partial charge < -0.3 is 0 Å². The molecule has 0 fully saturated rings. The monoisotopic (exact) mass is 415 g/mol. The molecule has 1 N–H and O–H groups in total. The molecule has 0 unspecified atom stereocenters. The minimum atomic E-state index is -3.53. The topological polar surface area (TPSA) is 46.2 Å². The third-order valence-corrected chi connectivity index (χ3v) is 5.65. The Hall–Kier alpha value is -1.08. The molecule has 5 heteroatoms. The molecule has 0 saturated carbocycles. The Balaban J connectivity index is 2.26. The van der Waals surface area contributed by atoms with Crippen LogP contribution < -0.4 is 4.72 Å². The van der Waals surface area contributed by atoms with E-state index in [-0.39, 0.29) is 4.90 Å². The second-order valence-corrected chi connectivity index (χ2v) is 8.26. The van der Waals surface area contributed by atoms with Gasteiger partial charge in [0.2, 0.25) is 0 Å². The summed E-state index contributed by atoms with van der Waals surface area (Å²) in [7, 11) is -3.53. The molecule has 1 aliphatic carbocycles. The molecule has 2 rings (SSSR count). The number of allylic oxidation sites excluding steroid dienone is 5. The number of benzene rings is 1. The van der Waals surface area contributed by atoms with Gasteiger partial charge >= 0.3 is 0 Å². The van der Waals surface area contributed by atoms with Gasteiger partial charge in [0.25, 0.3) is 10.0 Å². The standard InChI is InChI=1S/C16H18INO2S/c1-11(2)13-6-9-16(15(17)10-13)18-21(19,20)14-7-4-12(3)5-8-14/h4-9,18H,10H2,1-3H3. The average molecular weight is 415 g/mol. The van der Waals surface area contributed by atoms with E-state index in [1.54, 1.807) is 24.3 Å². The number of nitrogens with one attached hydrogen (secondary N) is 1. The van der Waals surface area contributed by atoms with Crippen molar-refractivity contribution < 1.29 is 8.42 Å². The van der Waals surface area contributed by atoms with Crippen molar-refractivity contribution in [3.8, 4) is 0 Å². The fourth-order valence-corrected chi connectivity index (χ4v) is 3.95. The molecule has 21 heavy (non-hydrogen) atoms. The van der Waals surface area contributed by atoms with Crippen LogP contribution in [-0.2, 0) is 10.0 Å². The number of hydrogen-bond acceptors (Lipinski definition) is 2. The first-order valence-electron chi connectivity index (χ1n) is 6.62. The lowest BCUT2D eigenvalue weighted by molar-refractivity contribution is 0.589. The SMILES string of the molecule is CC(C)=C1C=CC(NS(=O)(=O)c2ccc(C)cc2)=C(I)C1. The van der Waals surface area contributed by atoms with E-state index in [1.165, 1.54) is 11.1 Å². The summed E-state index contributed by atoms with van der Waals surface area (Å²) in [6.07, 6.45) is 4.58. The number of halogens is 1. The molecule has 1 aromatic carbocycles. The Bertz CT molecular complexity index is 737. The zero-order valence-electron chi connectivity index (χ0n) is 12.3. The van der Waals surface area contributed by atoms with Crippen LogP contribution in [0.4, 0.5) is 0 Å². The van der Waals surface area contributed by atoms with Crippen molar-refractivity contribution in [3.63, 3.8) is 0 Å². The highest BCUT2D eigenvalue weighted by molar-refractivity contribution is 14.1. The maximum absolute atomic E-state index is 12.4. The van der Waals surface area contributed by atoms with E-state index >= 15 is 0 Å². The van der Waals surface area contributed by atoms with E-state index in [9.17, 15) is 8.42 Å². The van der Waals surface area contributed by atoms with Crippen LogP contribution in [0.3, 0.4) is 0 Å². The fraction of sp³-hybridized carbons (Fsp3) is 0.250. The first-order valence-corrected chi connectivity index (χ1v) is 9.18. The number of rotatable bonds is 3. The number of aryl methyl sites for hydroxylation is 1. The summed E-state index contributed by atoms with van der Waals surface area (Å²) in [6, 6.07) is 6.84. The third kappa shape index (κ3) is 3.97. The van der Waals surface area contributed by atoms with Crippen LogP contribution in [0.1, 0.15) is 25.8 Å². The predicted molar refractivity (Wildman–Crippen MR) is 94.7 cm³/mol. The molecule has 0 aromatic heterocycles. The average Bonchev–Trinajstić information content (AvgIpc) is 2.41. The van der Waals surface area contributed by atoms with E-state index < -0.39 is 10.0 Å². The van der Waals surface area contributed by atoms with Crippen LogP contribution in [0.15, 0.2) is 61.7 Å². The van der Waals surface area contributed by atoms with E-state index in [0.717, 1.165) is 15.6 Å². The predicted octanol–water partition coefficient (Wildman–Crippen LogP) is 4.22. The first-order chi connectivity index (χ1) is 9.79. The van der Waals surface area contributed by atoms with Crippen LogP contribution in [-0.4, -0.2) is 8.42 Å². The van der Waals surface area contributed by atoms with Gasteiger partial charge in [-0.1, -0.05) is 29.3 Å². The maximum atomic E-state index is 12.4. The van der Waals surface area contributed by atoms with Crippen molar-refractivity contribution >= 4 is 32.6 Å². The van der Waals surface area contributed by atoms with Crippen LogP contribution in [0.25, 0.3) is 0 Å². The van der Waals surface area contributed by atoms with E-state index in [4.69, 9.17) is 0 Å². The molecule has 0 amide bonds. The fourth-order valence-electron chi connectivity index (χ4n) is 1.95. The van der Waals surface area contributed by atoms with Gasteiger partial charge in [-0.3, -0.25) is 4.72 Å². The summed E-state index contributed by atoms with van der Waals surface area (Å²) in [5, 5.41) is 0. The molecule has 1 aliphatic rings. The number of sulfonamides is 1. The Kier molecular flexibility index (Phi) is 4.93. The van der Waals surface area contributed by atoms with Gasteiger partial charge in [-0.2, -0.15) is 0 Å². The summed E-state index contributed by atoms with van der Waals surface area (Å²) in [5.41, 5.74) is 4.17. The second kappa shape index (κ2) is 6.36. The Morgan fingerprint density at radius 2 is 1.76 bits per heavy atom. The lowest BCUT2D eigenvalue weighted by Crippen LogP contribution is -2.24. The molecule has 3 nitrogen and oxygen atoms in total. The minimum Gasteiger partial charge on any atom is -0.279 e. The van der Waals surface area contributed by atoms with Crippen LogP contribution in [0, 0.1) is 6.92 Å². The summed E-state index contributed by atoms with van der Waals surface area (Å²) in [6.45, 7) is 6.05. The highest BCUT2D eigenvalue weighted by atomic mass is 127. The van der Waals surface area contributed by atoms with Crippen LogP contribution in [0.2, 0.25) is 0 Å². The van der Waals surface area contributed by atoms with Gasteiger partial charge in [-0.05, 0) is 67.1 Å². The zero-order chi connectivity index (χ0) is 15.6. The molecule has 0 spiro atoms. The van der Waals surface area contributed by atoms with Crippen molar-refractivity contribution in [1.82, 2.24) is 4.72 Å². The van der Waals surface area contributed by atoms with E-state index in [2.05, 4.69) is 41.2 Å². The zero-order valence-corrected chi connectivity index (χ0v) is 15.2. The Morgan fingerprint density at radius 3 is 2.29 bits per heavy atom. The van der Waals surface area contributed by atoms with Gasteiger partial charge in [0.05, 0.1) is 10.6 Å². The van der Waals surface area contributed by atoms with Crippen LogP contribution in [0.5, 0.6) is 0 Å². The molecule has 0 saturated heterocycles. The molecule has 0 atom stereocenters. The van der Waals surface area contributed by atoms with Crippen molar-refractivity contribution in [2.24, 2.45) is 0 Å². The van der Waals surface area contributed by atoms with Gasteiger partial charge in [0.15, 0.2) is 0 Å². The van der Waals surface area contributed by atoms with Gasteiger partial charge in [-0.25, -0.2) is 8.42 Å². The number of hydrogen-bond donors (Lipinski definition) is 1. The molecular formula is C16H18INO2S. The highest BCUT2D eigenvalue weighted by Gasteiger charge is 2.18. The Labute approximate surface area is 140 Å². The molecule has 0 aliphatic heterocycles.